The van der Waals surface area contributed by atoms with Crippen LogP contribution < -0.4 is 20.1 Å². The van der Waals surface area contributed by atoms with E-state index in [1.54, 1.807) is 67.7 Å². The van der Waals surface area contributed by atoms with E-state index in [4.69, 9.17) is 9.47 Å². The van der Waals surface area contributed by atoms with Crippen LogP contribution in [-0.4, -0.2) is 62.5 Å². The van der Waals surface area contributed by atoms with Gasteiger partial charge < -0.3 is 25.0 Å². The molecule has 2 N–H and O–H groups in total. The van der Waals surface area contributed by atoms with Crippen molar-refractivity contribution in [2.75, 3.05) is 33.9 Å². The van der Waals surface area contributed by atoms with E-state index < -0.39 is 6.04 Å². The van der Waals surface area contributed by atoms with E-state index in [0.717, 1.165) is 6.42 Å². The van der Waals surface area contributed by atoms with Crippen molar-refractivity contribution >= 4 is 17.7 Å². The lowest BCUT2D eigenvalue weighted by Gasteiger charge is -2.36. The highest BCUT2D eigenvalue weighted by molar-refractivity contribution is 5.98. The smallest absolute Gasteiger partial charge is 0.253 e. The average molecular weight is 468 g/mol. The summed E-state index contributed by atoms with van der Waals surface area (Å²) >= 11 is 0. The van der Waals surface area contributed by atoms with Crippen molar-refractivity contribution in [1.82, 2.24) is 15.5 Å². The van der Waals surface area contributed by atoms with Gasteiger partial charge in [-0.1, -0.05) is 13.0 Å². The van der Waals surface area contributed by atoms with Gasteiger partial charge in [-0.3, -0.25) is 14.4 Å². The van der Waals surface area contributed by atoms with E-state index in [-0.39, 0.29) is 23.6 Å². The fourth-order valence-corrected chi connectivity index (χ4v) is 4.10. The number of benzene rings is 2. The molecule has 0 radical (unpaired) electrons. The SMILES string of the molecule is CCCNC(=O)[C@H](NC(=O)c1ccc(OC)cc1)C1CCN(C(=O)c2cccc(OC)c2)CC1. The second-order valence-corrected chi connectivity index (χ2v) is 8.33. The van der Waals surface area contributed by atoms with Crippen LogP contribution in [0, 0.1) is 5.92 Å². The van der Waals surface area contributed by atoms with E-state index in [2.05, 4.69) is 10.6 Å². The first-order chi connectivity index (χ1) is 16.5. The van der Waals surface area contributed by atoms with Gasteiger partial charge in [0, 0.05) is 30.8 Å². The molecule has 1 heterocycles. The van der Waals surface area contributed by atoms with Gasteiger partial charge in [0.15, 0.2) is 0 Å². The van der Waals surface area contributed by atoms with Crippen LogP contribution in [0.4, 0.5) is 0 Å². The minimum atomic E-state index is -0.671. The summed E-state index contributed by atoms with van der Waals surface area (Å²) in [4.78, 5) is 40.6. The van der Waals surface area contributed by atoms with Crippen molar-refractivity contribution in [3.8, 4) is 11.5 Å². The number of nitrogens with zero attached hydrogens (tertiary/aromatic N) is 1. The first kappa shape index (κ1) is 25.1. The third-order valence-corrected chi connectivity index (χ3v) is 6.09. The van der Waals surface area contributed by atoms with E-state index >= 15 is 0 Å². The van der Waals surface area contributed by atoms with Crippen LogP contribution in [-0.2, 0) is 4.79 Å². The number of rotatable bonds is 9. The molecule has 0 saturated carbocycles. The summed E-state index contributed by atoms with van der Waals surface area (Å²) in [5, 5.41) is 5.84. The van der Waals surface area contributed by atoms with Gasteiger partial charge in [-0.25, -0.2) is 0 Å². The lowest BCUT2D eigenvalue weighted by Crippen LogP contribution is -2.54. The molecule has 1 atom stereocenters. The first-order valence-electron chi connectivity index (χ1n) is 11.6. The molecule has 0 unspecified atom stereocenters. The molecular weight excluding hydrogens is 434 g/mol. The molecule has 0 bridgehead atoms. The molecule has 0 spiro atoms. The van der Waals surface area contributed by atoms with E-state index in [9.17, 15) is 14.4 Å². The molecule has 0 aromatic heterocycles. The van der Waals surface area contributed by atoms with Gasteiger partial charge in [0.2, 0.25) is 5.91 Å². The lowest BCUT2D eigenvalue weighted by atomic mass is 9.88. The van der Waals surface area contributed by atoms with Crippen molar-refractivity contribution in [2.24, 2.45) is 5.92 Å². The monoisotopic (exact) mass is 467 g/mol. The summed E-state index contributed by atoms with van der Waals surface area (Å²) in [5.74, 6) is 0.645. The summed E-state index contributed by atoms with van der Waals surface area (Å²) in [7, 11) is 3.13. The van der Waals surface area contributed by atoms with Crippen molar-refractivity contribution in [2.45, 2.75) is 32.2 Å². The summed E-state index contributed by atoms with van der Waals surface area (Å²) in [6, 6.07) is 13.2. The third-order valence-electron chi connectivity index (χ3n) is 6.09. The number of hydrogen-bond donors (Lipinski definition) is 2. The zero-order chi connectivity index (χ0) is 24.5. The summed E-state index contributed by atoms with van der Waals surface area (Å²) in [6.45, 7) is 3.54. The molecule has 2 aromatic carbocycles. The standard InChI is InChI=1S/C26H33N3O5/c1-4-14-27-25(31)23(28-24(30)19-8-10-21(33-2)11-9-19)18-12-15-29(16-13-18)26(32)20-6-5-7-22(17-20)34-3/h5-11,17-18,23H,4,12-16H2,1-3H3,(H,27,31)(H,28,30)/t23-/m1/s1. The molecule has 182 valence electrons. The second kappa shape index (κ2) is 12.1. The van der Waals surface area contributed by atoms with Gasteiger partial charge in [-0.2, -0.15) is 0 Å². The Morgan fingerprint density at radius 1 is 0.971 bits per heavy atom. The topological polar surface area (TPSA) is 97.0 Å². The van der Waals surface area contributed by atoms with Gasteiger partial charge >= 0.3 is 0 Å². The fourth-order valence-electron chi connectivity index (χ4n) is 4.10. The number of ether oxygens (including phenoxy) is 2. The van der Waals surface area contributed by atoms with Crippen molar-refractivity contribution in [1.29, 1.82) is 0 Å². The quantitative estimate of drug-likeness (QED) is 0.591. The summed E-state index contributed by atoms with van der Waals surface area (Å²) in [5.41, 5.74) is 1.03. The van der Waals surface area contributed by atoms with E-state index in [0.29, 0.717) is 55.1 Å². The zero-order valence-corrected chi connectivity index (χ0v) is 20.0. The number of amides is 3. The van der Waals surface area contributed by atoms with Crippen LogP contribution >= 0.6 is 0 Å². The number of piperidine rings is 1. The third kappa shape index (κ3) is 6.27. The van der Waals surface area contributed by atoms with Crippen LogP contribution in [0.1, 0.15) is 46.9 Å². The van der Waals surface area contributed by atoms with Gasteiger partial charge in [-0.15, -0.1) is 0 Å². The van der Waals surface area contributed by atoms with E-state index in [1.165, 1.54) is 0 Å². The van der Waals surface area contributed by atoms with Crippen LogP contribution in [0.3, 0.4) is 0 Å². The average Bonchev–Trinajstić information content (AvgIpc) is 2.90. The number of hydrogen-bond acceptors (Lipinski definition) is 5. The second-order valence-electron chi connectivity index (χ2n) is 8.33. The highest BCUT2D eigenvalue weighted by Crippen LogP contribution is 2.24. The number of methoxy groups -OCH3 is 2. The number of likely N-dealkylation sites (tertiary alicyclic amines) is 1. The van der Waals surface area contributed by atoms with Crippen LogP contribution in [0.15, 0.2) is 48.5 Å². The molecular formula is C26H33N3O5. The van der Waals surface area contributed by atoms with Crippen LogP contribution in [0.5, 0.6) is 11.5 Å². The molecule has 2 aromatic rings. The number of carbonyl (C=O) groups is 3. The molecule has 1 aliphatic heterocycles. The molecule has 0 aliphatic carbocycles. The maximum absolute atomic E-state index is 12.9. The molecule has 1 fully saturated rings. The van der Waals surface area contributed by atoms with Gasteiger partial charge in [0.05, 0.1) is 14.2 Å². The first-order valence-corrected chi connectivity index (χ1v) is 11.6. The highest BCUT2D eigenvalue weighted by Gasteiger charge is 2.34. The maximum Gasteiger partial charge on any atom is 0.253 e. The minimum absolute atomic E-state index is 0.0633. The van der Waals surface area contributed by atoms with Crippen molar-refractivity contribution in [3.63, 3.8) is 0 Å². The molecule has 3 rings (SSSR count). The van der Waals surface area contributed by atoms with Gasteiger partial charge in [0.25, 0.3) is 11.8 Å². The number of nitrogens with one attached hydrogen (secondary N) is 2. The van der Waals surface area contributed by atoms with Crippen LogP contribution in [0.25, 0.3) is 0 Å². The predicted octanol–water partition coefficient (Wildman–Crippen LogP) is 2.88. The molecule has 34 heavy (non-hydrogen) atoms. The Morgan fingerprint density at radius 2 is 1.65 bits per heavy atom. The Kier molecular flexibility index (Phi) is 8.90. The van der Waals surface area contributed by atoms with Crippen molar-refractivity contribution < 1.29 is 23.9 Å². The predicted molar refractivity (Wildman–Crippen MR) is 129 cm³/mol. The molecule has 1 aliphatic rings. The summed E-state index contributed by atoms with van der Waals surface area (Å²) in [6.07, 6.45) is 2.03. The Bertz CT molecular complexity index is 984. The Labute approximate surface area is 200 Å². The van der Waals surface area contributed by atoms with Gasteiger partial charge in [0.1, 0.15) is 17.5 Å². The van der Waals surface area contributed by atoms with E-state index in [1.807, 2.05) is 6.92 Å². The Balaban J connectivity index is 1.67. The van der Waals surface area contributed by atoms with Crippen LogP contribution in [0.2, 0.25) is 0 Å². The fraction of sp³-hybridized carbons (Fsp3) is 0.423. The molecule has 8 heteroatoms. The molecule has 8 nitrogen and oxygen atoms in total. The lowest BCUT2D eigenvalue weighted by molar-refractivity contribution is -0.124. The maximum atomic E-state index is 12.9. The largest absolute Gasteiger partial charge is 0.497 e. The number of carbonyl (C=O) groups excluding carboxylic acids is 3. The Morgan fingerprint density at radius 3 is 2.26 bits per heavy atom. The van der Waals surface area contributed by atoms with Gasteiger partial charge in [-0.05, 0) is 67.6 Å². The normalized spacial score (nSPS) is 14.7. The molecule has 1 saturated heterocycles. The minimum Gasteiger partial charge on any atom is -0.497 e. The van der Waals surface area contributed by atoms with Crippen molar-refractivity contribution in [3.05, 3.63) is 59.7 Å². The zero-order valence-electron chi connectivity index (χ0n) is 20.0. The molecule has 3 amide bonds. The summed E-state index contributed by atoms with van der Waals surface area (Å²) < 4.78 is 10.4. The highest BCUT2D eigenvalue weighted by atomic mass is 16.5. The Hall–Kier alpha value is -3.55.